The molecule has 1 saturated carbocycles. The van der Waals surface area contributed by atoms with E-state index in [1.54, 1.807) is 0 Å². The molecule has 1 aliphatic rings. The van der Waals surface area contributed by atoms with Crippen LogP contribution in [0, 0.1) is 0 Å². The lowest BCUT2D eigenvalue weighted by atomic mass is 9.99. The van der Waals surface area contributed by atoms with Gasteiger partial charge in [-0.2, -0.15) is 0 Å². The van der Waals surface area contributed by atoms with E-state index in [9.17, 15) is 9.36 Å². The van der Waals surface area contributed by atoms with Crippen molar-refractivity contribution in [3.05, 3.63) is 71.8 Å². The summed E-state index contributed by atoms with van der Waals surface area (Å²) < 4.78 is 25.1. The largest absolute Gasteiger partial charge is 0.334 e. The number of carbonyl (C=O) groups is 1. The predicted molar refractivity (Wildman–Crippen MR) is 97.3 cm³/mol. The number of hydrogen-bond donors (Lipinski definition) is 0. The maximum atomic E-state index is 13.5. The fourth-order valence-corrected chi connectivity index (χ4v) is 5.08. The van der Waals surface area contributed by atoms with Gasteiger partial charge in [0.05, 0.1) is 18.9 Å². The van der Waals surface area contributed by atoms with Crippen LogP contribution in [-0.2, 0) is 31.6 Å². The summed E-state index contributed by atoms with van der Waals surface area (Å²) in [5.41, 5.74) is 1.53. The summed E-state index contributed by atoms with van der Waals surface area (Å²) in [5.74, 6) is 0.142. The van der Waals surface area contributed by atoms with Crippen molar-refractivity contribution in [1.29, 1.82) is 0 Å². The van der Waals surface area contributed by atoms with E-state index < -0.39 is 7.60 Å². The minimum absolute atomic E-state index is 0.142. The van der Waals surface area contributed by atoms with Crippen LogP contribution >= 0.6 is 7.60 Å². The van der Waals surface area contributed by atoms with Crippen molar-refractivity contribution in [2.45, 2.75) is 44.6 Å². The SMILES string of the molecule is O=C1CCCC(P(=O)(OCc2ccccc2)OCc2ccccc2)C1. The van der Waals surface area contributed by atoms with Gasteiger partial charge in [0.15, 0.2) is 0 Å². The van der Waals surface area contributed by atoms with E-state index in [2.05, 4.69) is 0 Å². The van der Waals surface area contributed by atoms with E-state index in [0.29, 0.717) is 12.8 Å². The van der Waals surface area contributed by atoms with Gasteiger partial charge in [-0.1, -0.05) is 60.7 Å². The van der Waals surface area contributed by atoms with Crippen molar-refractivity contribution in [1.82, 2.24) is 0 Å². The van der Waals surface area contributed by atoms with Gasteiger partial charge in [0.2, 0.25) is 0 Å². The number of rotatable bonds is 7. The van der Waals surface area contributed by atoms with E-state index in [1.165, 1.54) is 0 Å². The molecule has 1 unspecified atom stereocenters. The molecule has 1 fully saturated rings. The zero-order chi connectivity index (χ0) is 17.5. The maximum absolute atomic E-state index is 13.5. The fourth-order valence-electron chi connectivity index (χ4n) is 3.00. The molecule has 4 nitrogen and oxygen atoms in total. The molecule has 5 heteroatoms. The molecule has 2 aromatic rings. The van der Waals surface area contributed by atoms with Crippen LogP contribution in [0.25, 0.3) is 0 Å². The van der Waals surface area contributed by atoms with Crippen LogP contribution in [-0.4, -0.2) is 11.4 Å². The molecule has 25 heavy (non-hydrogen) atoms. The molecule has 2 aromatic carbocycles. The molecule has 1 aliphatic carbocycles. The summed E-state index contributed by atoms with van der Waals surface area (Å²) in [6.45, 7) is 0.440. The Morgan fingerprint density at radius 3 is 1.88 bits per heavy atom. The lowest BCUT2D eigenvalue weighted by molar-refractivity contribution is -0.120. The standard InChI is InChI=1S/C20H23O4P/c21-19-12-7-13-20(14-19)25(22,23-15-17-8-3-1-4-9-17)24-16-18-10-5-2-6-11-18/h1-6,8-11,20H,7,12-16H2. The van der Waals surface area contributed by atoms with Gasteiger partial charge in [-0.25, -0.2) is 0 Å². The highest BCUT2D eigenvalue weighted by atomic mass is 31.2. The second kappa shape index (κ2) is 8.57. The zero-order valence-electron chi connectivity index (χ0n) is 14.2. The molecule has 0 radical (unpaired) electrons. The summed E-state index contributed by atoms with van der Waals surface area (Å²) in [7, 11) is -3.38. The Hall–Kier alpha value is -1.74. The molecular formula is C20H23O4P. The zero-order valence-corrected chi connectivity index (χ0v) is 15.1. The average molecular weight is 358 g/mol. The Balaban J connectivity index is 1.72. The highest BCUT2D eigenvalue weighted by molar-refractivity contribution is 7.54. The van der Waals surface area contributed by atoms with Gasteiger partial charge in [0.1, 0.15) is 5.78 Å². The minimum atomic E-state index is -3.38. The molecule has 0 heterocycles. The first-order chi connectivity index (χ1) is 12.2. The molecule has 132 valence electrons. The average Bonchev–Trinajstić information content (AvgIpc) is 2.66. The molecule has 0 bridgehead atoms. The van der Waals surface area contributed by atoms with Crippen molar-refractivity contribution in [3.63, 3.8) is 0 Å². The maximum Gasteiger partial charge on any atom is 0.334 e. The van der Waals surface area contributed by atoms with Gasteiger partial charge >= 0.3 is 7.60 Å². The van der Waals surface area contributed by atoms with E-state index in [-0.39, 0.29) is 31.1 Å². The van der Waals surface area contributed by atoms with E-state index in [0.717, 1.165) is 17.5 Å². The van der Waals surface area contributed by atoms with Crippen molar-refractivity contribution in [2.24, 2.45) is 0 Å². The van der Waals surface area contributed by atoms with Gasteiger partial charge in [-0.3, -0.25) is 9.36 Å². The van der Waals surface area contributed by atoms with E-state index in [1.807, 2.05) is 60.7 Å². The van der Waals surface area contributed by atoms with Gasteiger partial charge < -0.3 is 9.05 Å². The summed E-state index contributed by atoms with van der Waals surface area (Å²) in [5, 5.41) is 0. The molecule has 0 N–H and O–H groups in total. The Bertz CT molecular complexity index is 682. The first-order valence-electron chi connectivity index (χ1n) is 8.64. The van der Waals surface area contributed by atoms with Crippen LogP contribution in [0.2, 0.25) is 0 Å². The Morgan fingerprint density at radius 1 is 0.880 bits per heavy atom. The Kier molecular flexibility index (Phi) is 6.19. The summed E-state index contributed by atoms with van der Waals surface area (Å²) in [4.78, 5) is 11.8. The number of Topliss-reactive ketones (excluding diaryl/α,β-unsaturated/α-hetero) is 1. The molecule has 1 atom stereocenters. The molecule has 0 aromatic heterocycles. The normalized spacial score (nSPS) is 18.2. The van der Waals surface area contributed by atoms with E-state index in [4.69, 9.17) is 9.05 Å². The number of carbonyl (C=O) groups excluding carboxylic acids is 1. The van der Waals surface area contributed by atoms with Gasteiger partial charge in [-0.05, 0) is 24.0 Å². The van der Waals surface area contributed by atoms with Gasteiger partial charge in [-0.15, -0.1) is 0 Å². The van der Waals surface area contributed by atoms with Gasteiger partial charge in [0, 0.05) is 12.8 Å². The molecule has 3 rings (SSSR count). The Morgan fingerprint density at radius 2 is 1.40 bits per heavy atom. The second-order valence-electron chi connectivity index (χ2n) is 6.35. The summed E-state index contributed by atoms with van der Waals surface area (Å²) in [6, 6.07) is 19.2. The third kappa shape index (κ3) is 5.12. The van der Waals surface area contributed by atoms with Crippen molar-refractivity contribution < 1.29 is 18.4 Å². The molecule has 0 saturated heterocycles. The van der Waals surface area contributed by atoms with Crippen molar-refractivity contribution in [2.75, 3.05) is 0 Å². The smallest absolute Gasteiger partial charge is 0.304 e. The van der Waals surface area contributed by atoms with Crippen LogP contribution in [0.15, 0.2) is 60.7 Å². The molecule has 0 spiro atoms. The quantitative estimate of drug-likeness (QED) is 0.644. The number of hydrogen-bond acceptors (Lipinski definition) is 4. The van der Waals surface area contributed by atoms with Crippen LogP contribution < -0.4 is 0 Å². The van der Waals surface area contributed by atoms with Crippen LogP contribution in [0.3, 0.4) is 0 Å². The first kappa shape index (κ1) is 18.1. The lowest BCUT2D eigenvalue weighted by Crippen LogP contribution is -2.22. The van der Waals surface area contributed by atoms with Crippen LogP contribution in [0.5, 0.6) is 0 Å². The van der Waals surface area contributed by atoms with Crippen LogP contribution in [0.1, 0.15) is 36.8 Å². The third-order valence-electron chi connectivity index (χ3n) is 4.41. The van der Waals surface area contributed by atoms with Crippen LogP contribution in [0.4, 0.5) is 0 Å². The molecule has 0 amide bonds. The molecular weight excluding hydrogens is 335 g/mol. The Labute approximate surface area is 148 Å². The van der Waals surface area contributed by atoms with Crippen molar-refractivity contribution in [3.8, 4) is 0 Å². The minimum Gasteiger partial charge on any atom is -0.304 e. The number of ketones is 1. The topological polar surface area (TPSA) is 52.6 Å². The van der Waals surface area contributed by atoms with Crippen molar-refractivity contribution >= 4 is 13.4 Å². The highest BCUT2D eigenvalue weighted by Gasteiger charge is 2.39. The number of benzene rings is 2. The summed E-state index contributed by atoms with van der Waals surface area (Å²) >= 11 is 0. The fraction of sp³-hybridized carbons (Fsp3) is 0.350. The van der Waals surface area contributed by atoms with E-state index >= 15 is 0 Å². The highest BCUT2D eigenvalue weighted by Crippen LogP contribution is 2.58. The van der Waals surface area contributed by atoms with Gasteiger partial charge in [0.25, 0.3) is 0 Å². The summed E-state index contributed by atoms with van der Waals surface area (Å²) in [6.07, 6.45) is 2.29. The molecule has 0 aliphatic heterocycles. The lowest BCUT2D eigenvalue weighted by Gasteiger charge is -2.29. The first-order valence-corrected chi connectivity index (χ1v) is 10.3. The monoisotopic (exact) mass is 358 g/mol. The predicted octanol–water partition coefficient (Wildman–Crippen LogP) is 5.12. The second-order valence-corrected chi connectivity index (χ2v) is 8.67. The third-order valence-corrected chi connectivity index (χ3v) is 6.72.